The van der Waals surface area contributed by atoms with Crippen LogP contribution in [-0.4, -0.2) is 58.4 Å². The van der Waals surface area contributed by atoms with Gasteiger partial charge in [-0.15, -0.1) is 0 Å². The number of benzene rings is 2. The van der Waals surface area contributed by atoms with Crippen molar-refractivity contribution in [3.8, 4) is 5.75 Å². The average Bonchev–Trinajstić information content (AvgIpc) is 3.14. The van der Waals surface area contributed by atoms with Crippen LogP contribution in [0.3, 0.4) is 0 Å². The number of nitrogens with zero attached hydrogens (tertiary/aromatic N) is 3. The molecule has 1 aliphatic heterocycles. The molecule has 0 radical (unpaired) electrons. The van der Waals surface area contributed by atoms with Gasteiger partial charge in [0.15, 0.2) is 23.1 Å². The number of aromatic nitrogens is 1. The molecule has 156 valence electrons. The number of hydrogen-bond donors (Lipinski definition) is 0. The van der Waals surface area contributed by atoms with Gasteiger partial charge in [0, 0.05) is 38.2 Å². The predicted octanol–water partition coefficient (Wildman–Crippen LogP) is 3.28. The summed E-state index contributed by atoms with van der Waals surface area (Å²) in [5.74, 6) is 0.960. The summed E-state index contributed by atoms with van der Waals surface area (Å²) in [5, 5.41) is 0. The Morgan fingerprint density at radius 3 is 2.63 bits per heavy atom. The van der Waals surface area contributed by atoms with Crippen molar-refractivity contribution in [2.75, 3.05) is 19.6 Å². The van der Waals surface area contributed by atoms with E-state index in [0.717, 1.165) is 0 Å². The van der Waals surface area contributed by atoms with E-state index < -0.39 is 6.10 Å². The lowest BCUT2D eigenvalue weighted by atomic mass is 10.1. The van der Waals surface area contributed by atoms with Crippen LogP contribution in [0.2, 0.25) is 0 Å². The maximum Gasteiger partial charge on any atom is 0.263 e. The first-order chi connectivity index (χ1) is 14.4. The minimum Gasteiger partial charge on any atom is -0.478 e. The van der Waals surface area contributed by atoms with Gasteiger partial charge in [-0.3, -0.25) is 9.59 Å². The summed E-state index contributed by atoms with van der Waals surface area (Å²) < 4.78 is 11.5. The Hall–Kier alpha value is -3.35. The summed E-state index contributed by atoms with van der Waals surface area (Å²) in [7, 11) is 0. The molecule has 1 aliphatic rings. The quantitative estimate of drug-likeness (QED) is 0.663. The van der Waals surface area contributed by atoms with E-state index in [1.165, 1.54) is 0 Å². The number of amides is 2. The Balaban J connectivity index is 1.42. The van der Waals surface area contributed by atoms with Crippen LogP contribution in [0.25, 0.3) is 11.1 Å². The van der Waals surface area contributed by atoms with Gasteiger partial charge in [-0.05, 0) is 38.1 Å². The zero-order valence-corrected chi connectivity index (χ0v) is 17.4. The largest absolute Gasteiger partial charge is 0.478 e. The second-order valence-electron chi connectivity index (χ2n) is 7.59. The Kier molecular flexibility index (Phi) is 5.44. The van der Waals surface area contributed by atoms with Gasteiger partial charge in [0.1, 0.15) is 5.75 Å². The summed E-state index contributed by atoms with van der Waals surface area (Å²) in [6.45, 7) is 6.92. The van der Waals surface area contributed by atoms with Gasteiger partial charge in [0.25, 0.3) is 11.8 Å². The summed E-state index contributed by atoms with van der Waals surface area (Å²) >= 11 is 0. The first-order valence-corrected chi connectivity index (χ1v) is 10.1. The van der Waals surface area contributed by atoms with E-state index in [1.54, 1.807) is 29.7 Å². The molecular weight excluding hydrogens is 382 g/mol. The van der Waals surface area contributed by atoms with E-state index in [9.17, 15) is 9.59 Å². The third-order valence-electron chi connectivity index (χ3n) is 5.36. The van der Waals surface area contributed by atoms with Crippen molar-refractivity contribution in [3.63, 3.8) is 0 Å². The maximum atomic E-state index is 13.1. The number of aryl methyl sites for hydroxylation is 1. The zero-order valence-electron chi connectivity index (χ0n) is 17.4. The molecule has 0 unspecified atom stereocenters. The molecule has 1 aromatic heterocycles. The summed E-state index contributed by atoms with van der Waals surface area (Å²) in [5.41, 5.74) is 1.91. The zero-order chi connectivity index (χ0) is 21.3. The van der Waals surface area contributed by atoms with Gasteiger partial charge in [-0.1, -0.05) is 24.3 Å². The first kappa shape index (κ1) is 19.9. The van der Waals surface area contributed by atoms with Gasteiger partial charge >= 0.3 is 0 Å². The van der Waals surface area contributed by atoms with Gasteiger partial charge in [-0.2, -0.15) is 0 Å². The number of piperazine rings is 1. The highest BCUT2D eigenvalue weighted by molar-refractivity contribution is 5.94. The third kappa shape index (κ3) is 3.87. The number of carbonyl (C=O) groups excluding carboxylic acids is 2. The number of rotatable bonds is 4. The first-order valence-electron chi connectivity index (χ1n) is 10.1. The van der Waals surface area contributed by atoms with Crippen LogP contribution in [0.15, 0.2) is 52.9 Å². The Morgan fingerprint density at radius 1 is 1.13 bits per heavy atom. The lowest BCUT2D eigenvalue weighted by Gasteiger charge is -2.40. The topological polar surface area (TPSA) is 75.9 Å². The van der Waals surface area contributed by atoms with Gasteiger partial charge in [0.2, 0.25) is 0 Å². The van der Waals surface area contributed by atoms with Crippen molar-refractivity contribution in [2.45, 2.75) is 32.9 Å². The van der Waals surface area contributed by atoms with Crippen molar-refractivity contribution < 1.29 is 18.7 Å². The number of fused-ring (bicyclic) bond motifs is 1. The number of para-hydroxylation sites is 1. The predicted molar refractivity (Wildman–Crippen MR) is 112 cm³/mol. The molecule has 2 aromatic carbocycles. The lowest BCUT2D eigenvalue weighted by Crippen LogP contribution is -2.57. The Bertz CT molecular complexity index is 1060. The number of oxazole rings is 1. The van der Waals surface area contributed by atoms with Crippen molar-refractivity contribution in [1.29, 1.82) is 0 Å². The van der Waals surface area contributed by atoms with Gasteiger partial charge < -0.3 is 19.0 Å². The molecule has 2 atom stereocenters. The molecule has 0 bridgehead atoms. The molecule has 2 heterocycles. The number of ether oxygens (including phenoxy) is 1. The molecule has 1 fully saturated rings. The van der Waals surface area contributed by atoms with Crippen LogP contribution in [0.4, 0.5) is 0 Å². The van der Waals surface area contributed by atoms with Crippen molar-refractivity contribution >= 4 is 22.9 Å². The second-order valence-corrected chi connectivity index (χ2v) is 7.59. The molecule has 2 amide bonds. The van der Waals surface area contributed by atoms with Gasteiger partial charge in [-0.25, -0.2) is 4.98 Å². The van der Waals surface area contributed by atoms with Crippen molar-refractivity contribution in [2.24, 2.45) is 0 Å². The standard InChI is InChI=1S/C23H25N3O4/c1-15-14-25(23(28)18-8-5-4-6-9-18)12-13-26(15)22(27)16(2)29-19-10-7-11-20-21(19)24-17(3)30-20/h4-11,15-16H,12-14H2,1-3H3/t15-,16-/m1/s1. The second kappa shape index (κ2) is 8.18. The normalized spacial score (nSPS) is 17.8. The molecule has 0 aliphatic carbocycles. The van der Waals surface area contributed by atoms with Crippen LogP contribution in [-0.2, 0) is 4.79 Å². The maximum absolute atomic E-state index is 13.1. The molecule has 4 rings (SSSR count). The van der Waals surface area contributed by atoms with E-state index in [4.69, 9.17) is 9.15 Å². The van der Waals surface area contributed by atoms with Crippen LogP contribution in [0.5, 0.6) is 5.75 Å². The third-order valence-corrected chi connectivity index (χ3v) is 5.36. The van der Waals surface area contributed by atoms with Crippen LogP contribution < -0.4 is 4.74 Å². The fourth-order valence-electron chi connectivity index (χ4n) is 3.84. The van der Waals surface area contributed by atoms with E-state index in [2.05, 4.69) is 4.98 Å². The summed E-state index contributed by atoms with van der Waals surface area (Å²) in [6.07, 6.45) is -0.675. The highest BCUT2D eigenvalue weighted by Gasteiger charge is 2.33. The molecule has 7 heteroatoms. The van der Waals surface area contributed by atoms with Crippen molar-refractivity contribution in [3.05, 3.63) is 60.0 Å². The van der Waals surface area contributed by atoms with E-state index in [0.29, 0.717) is 47.9 Å². The molecular formula is C23H25N3O4. The van der Waals surface area contributed by atoms with E-state index in [-0.39, 0.29) is 17.9 Å². The lowest BCUT2D eigenvalue weighted by molar-refractivity contribution is -0.142. The SMILES string of the molecule is Cc1nc2c(O[C@H](C)C(=O)N3CCN(C(=O)c4ccccc4)C[C@H]3C)cccc2o1. The fourth-order valence-corrected chi connectivity index (χ4v) is 3.84. The Labute approximate surface area is 175 Å². The smallest absolute Gasteiger partial charge is 0.263 e. The minimum absolute atomic E-state index is 0.00747. The minimum atomic E-state index is -0.675. The Morgan fingerprint density at radius 2 is 1.90 bits per heavy atom. The number of carbonyl (C=O) groups is 2. The molecule has 30 heavy (non-hydrogen) atoms. The average molecular weight is 407 g/mol. The fraction of sp³-hybridized carbons (Fsp3) is 0.348. The number of hydrogen-bond acceptors (Lipinski definition) is 5. The van der Waals surface area contributed by atoms with E-state index in [1.807, 2.05) is 49.4 Å². The van der Waals surface area contributed by atoms with Crippen LogP contribution in [0, 0.1) is 6.92 Å². The van der Waals surface area contributed by atoms with Crippen LogP contribution >= 0.6 is 0 Å². The van der Waals surface area contributed by atoms with E-state index >= 15 is 0 Å². The molecule has 0 N–H and O–H groups in total. The molecule has 3 aromatic rings. The van der Waals surface area contributed by atoms with Crippen LogP contribution in [0.1, 0.15) is 30.1 Å². The molecule has 1 saturated heterocycles. The monoisotopic (exact) mass is 407 g/mol. The van der Waals surface area contributed by atoms with Gasteiger partial charge in [0.05, 0.1) is 0 Å². The molecule has 0 spiro atoms. The highest BCUT2D eigenvalue weighted by Crippen LogP contribution is 2.27. The van der Waals surface area contributed by atoms with Crippen molar-refractivity contribution in [1.82, 2.24) is 14.8 Å². The molecule has 7 nitrogen and oxygen atoms in total. The molecule has 0 saturated carbocycles. The highest BCUT2D eigenvalue weighted by atomic mass is 16.5. The summed E-state index contributed by atoms with van der Waals surface area (Å²) in [4.78, 5) is 33.7. The summed E-state index contributed by atoms with van der Waals surface area (Å²) in [6, 6.07) is 14.5.